The Hall–Kier alpha value is -1.49. The molecule has 0 atom stereocenters. The SMILES string of the molecule is CCc1cc(NCc2nccs2)ncn1. The lowest BCUT2D eigenvalue weighted by Gasteiger charge is -2.03. The molecule has 4 nitrogen and oxygen atoms in total. The molecule has 0 amide bonds. The molecular weight excluding hydrogens is 208 g/mol. The lowest BCUT2D eigenvalue weighted by Crippen LogP contribution is -2.02. The number of hydrogen-bond acceptors (Lipinski definition) is 5. The summed E-state index contributed by atoms with van der Waals surface area (Å²) in [5, 5.41) is 6.25. The highest BCUT2D eigenvalue weighted by Crippen LogP contribution is 2.09. The van der Waals surface area contributed by atoms with Crippen LogP contribution in [-0.2, 0) is 13.0 Å². The van der Waals surface area contributed by atoms with Crippen LogP contribution in [0.4, 0.5) is 5.82 Å². The molecule has 0 aliphatic carbocycles. The zero-order valence-corrected chi connectivity index (χ0v) is 9.29. The number of thiazole rings is 1. The standard InChI is InChI=1S/C10H12N4S/c1-2-8-5-9(14-7-13-8)12-6-10-11-3-4-15-10/h3-5,7H,2,6H2,1H3,(H,12,13,14). The Kier molecular flexibility index (Phi) is 3.24. The van der Waals surface area contributed by atoms with E-state index in [4.69, 9.17) is 0 Å². The number of nitrogens with zero attached hydrogens (tertiary/aromatic N) is 3. The second kappa shape index (κ2) is 4.84. The van der Waals surface area contributed by atoms with Gasteiger partial charge in [0.1, 0.15) is 17.2 Å². The molecule has 0 saturated heterocycles. The molecule has 2 heterocycles. The largest absolute Gasteiger partial charge is 0.363 e. The van der Waals surface area contributed by atoms with Crippen LogP contribution in [0, 0.1) is 0 Å². The number of aryl methyl sites for hydroxylation is 1. The molecule has 2 aromatic rings. The zero-order chi connectivity index (χ0) is 10.5. The molecule has 15 heavy (non-hydrogen) atoms. The number of nitrogens with one attached hydrogen (secondary N) is 1. The molecule has 0 unspecified atom stereocenters. The number of rotatable bonds is 4. The molecule has 1 N–H and O–H groups in total. The van der Waals surface area contributed by atoms with E-state index in [2.05, 4.69) is 27.2 Å². The minimum absolute atomic E-state index is 0.720. The normalized spacial score (nSPS) is 10.2. The van der Waals surface area contributed by atoms with Crippen LogP contribution in [0.15, 0.2) is 24.0 Å². The molecular formula is C10H12N4S. The van der Waals surface area contributed by atoms with Crippen molar-refractivity contribution in [1.29, 1.82) is 0 Å². The van der Waals surface area contributed by atoms with Crippen LogP contribution in [0.2, 0.25) is 0 Å². The van der Waals surface area contributed by atoms with Gasteiger partial charge in [0.25, 0.3) is 0 Å². The summed E-state index contributed by atoms with van der Waals surface area (Å²) < 4.78 is 0. The average molecular weight is 220 g/mol. The fraction of sp³-hybridized carbons (Fsp3) is 0.300. The van der Waals surface area contributed by atoms with Crippen molar-refractivity contribution in [2.75, 3.05) is 5.32 Å². The maximum absolute atomic E-state index is 4.19. The molecule has 0 aromatic carbocycles. The Labute approximate surface area is 92.4 Å². The lowest BCUT2D eigenvalue weighted by molar-refractivity contribution is 0.984. The first-order valence-corrected chi connectivity index (χ1v) is 5.69. The van der Waals surface area contributed by atoms with Gasteiger partial charge >= 0.3 is 0 Å². The van der Waals surface area contributed by atoms with E-state index >= 15 is 0 Å². The van der Waals surface area contributed by atoms with Crippen molar-refractivity contribution in [3.8, 4) is 0 Å². The van der Waals surface area contributed by atoms with Crippen molar-refractivity contribution in [2.24, 2.45) is 0 Å². The Morgan fingerprint density at radius 1 is 1.33 bits per heavy atom. The highest BCUT2D eigenvalue weighted by molar-refractivity contribution is 7.09. The first kappa shape index (κ1) is 10.0. The second-order valence-electron chi connectivity index (χ2n) is 3.03. The van der Waals surface area contributed by atoms with Crippen molar-refractivity contribution >= 4 is 17.2 Å². The van der Waals surface area contributed by atoms with Crippen molar-refractivity contribution < 1.29 is 0 Å². The monoisotopic (exact) mass is 220 g/mol. The van der Waals surface area contributed by atoms with Gasteiger partial charge in [-0.3, -0.25) is 0 Å². The predicted octanol–water partition coefficient (Wildman–Crippen LogP) is 2.11. The van der Waals surface area contributed by atoms with Gasteiger partial charge in [-0.25, -0.2) is 15.0 Å². The maximum Gasteiger partial charge on any atom is 0.129 e. The molecule has 78 valence electrons. The summed E-state index contributed by atoms with van der Waals surface area (Å²) in [4.78, 5) is 12.5. The van der Waals surface area contributed by atoms with E-state index in [1.165, 1.54) is 0 Å². The third-order valence-corrected chi connectivity index (χ3v) is 2.77. The smallest absolute Gasteiger partial charge is 0.129 e. The van der Waals surface area contributed by atoms with Crippen LogP contribution in [0.25, 0.3) is 0 Å². The van der Waals surface area contributed by atoms with E-state index in [9.17, 15) is 0 Å². The zero-order valence-electron chi connectivity index (χ0n) is 8.47. The highest BCUT2D eigenvalue weighted by atomic mass is 32.1. The Bertz CT molecular complexity index is 413. The second-order valence-corrected chi connectivity index (χ2v) is 4.01. The van der Waals surface area contributed by atoms with Gasteiger partial charge in [0.05, 0.1) is 6.54 Å². The Balaban J connectivity index is 1.98. The van der Waals surface area contributed by atoms with Crippen LogP contribution in [0.1, 0.15) is 17.6 Å². The van der Waals surface area contributed by atoms with Crippen molar-refractivity contribution in [2.45, 2.75) is 19.9 Å². The third kappa shape index (κ3) is 2.73. The van der Waals surface area contributed by atoms with Gasteiger partial charge in [-0.2, -0.15) is 0 Å². The summed E-state index contributed by atoms with van der Waals surface area (Å²) in [7, 11) is 0. The minimum atomic E-state index is 0.720. The first-order chi connectivity index (χ1) is 7.38. The molecule has 0 fully saturated rings. The predicted molar refractivity (Wildman–Crippen MR) is 60.9 cm³/mol. The number of hydrogen-bond donors (Lipinski definition) is 1. The Morgan fingerprint density at radius 3 is 3.00 bits per heavy atom. The van der Waals surface area contributed by atoms with Gasteiger partial charge in [0.15, 0.2) is 0 Å². The van der Waals surface area contributed by atoms with Crippen LogP contribution >= 0.6 is 11.3 Å². The van der Waals surface area contributed by atoms with Gasteiger partial charge in [0, 0.05) is 23.3 Å². The molecule has 0 aliphatic heterocycles. The van der Waals surface area contributed by atoms with Crippen LogP contribution < -0.4 is 5.32 Å². The molecule has 2 aromatic heterocycles. The van der Waals surface area contributed by atoms with Gasteiger partial charge in [-0.05, 0) is 6.42 Å². The van der Waals surface area contributed by atoms with E-state index < -0.39 is 0 Å². The van der Waals surface area contributed by atoms with Crippen molar-refractivity contribution in [3.63, 3.8) is 0 Å². The lowest BCUT2D eigenvalue weighted by atomic mass is 10.3. The fourth-order valence-corrected chi connectivity index (χ4v) is 1.75. The molecule has 2 rings (SSSR count). The summed E-state index contributed by atoms with van der Waals surface area (Å²) in [5.74, 6) is 0.858. The maximum atomic E-state index is 4.19. The first-order valence-electron chi connectivity index (χ1n) is 4.81. The van der Waals surface area contributed by atoms with E-state index in [0.29, 0.717) is 0 Å². The minimum Gasteiger partial charge on any atom is -0.363 e. The average Bonchev–Trinajstić information content (AvgIpc) is 2.79. The molecule has 0 saturated carbocycles. The topological polar surface area (TPSA) is 50.7 Å². The van der Waals surface area contributed by atoms with Crippen LogP contribution in [-0.4, -0.2) is 15.0 Å². The van der Waals surface area contributed by atoms with E-state index in [1.807, 2.05) is 11.4 Å². The summed E-state index contributed by atoms with van der Waals surface area (Å²) >= 11 is 1.64. The number of aromatic nitrogens is 3. The summed E-state index contributed by atoms with van der Waals surface area (Å²) in [6, 6.07) is 1.97. The van der Waals surface area contributed by atoms with Crippen LogP contribution in [0.3, 0.4) is 0 Å². The molecule has 0 aliphatic rings. The molecule has 0 radical (unpaired) electrons. The molecule has 5 heteroatoms. The van der Waals surface area contributed by atoms with Gasteiger partial charge in [-0.15, -0.1) is 11.3 Å². The quantitative estimate of drug-likeness (QED) is 0.857. The van der Waals surface area contributed by atoms with E-state index in [-0.39, 0.29) is 0 Å². The van der Waals surface area contributed by atoms with E-state index in [1.54, 1.807) is 23.9 Å². The van der Waals surface area contributed by atoms with E-state index in [0.717, 1.165) is 29.5 Å². The number of anilines is 1. The van der Waals surface area contributed by atoms with Crippen molar-refractivity contribution in [3.05, 3.63) is 34.7 Å². The highest BCUT2D eigenvalue weighted by Gasteiger charge is 1.98. The van der Waals surface area contributed by atoms with Crippen molar-refractivity contribution in [1.82, 2.24) is 15.0 Å². The van der Waals surface area contributed by atoms with Gasteiger partial charge in [-0.1, -0.05) is 6.92 Å². The molecule has 0 spiro atoms. The summed E-state index contributed by atoms with van der Waals surface area (Å²) in [6.07, 6.45) is 4.32. The summed E-state index contributed by atoms with van der Waals surface area (Å²) in [5.41, 5.74) is 1.05. The Morgan fingerprint density at radius 2 is 2.27 bits per heavy atom. The third-order valence-electron chi connectivity index (χ3n) is 1.99. The fourth-order valence-electron chi connectivity index (χ4n) is 1.19. The summed E-state index contributed by atoms with van der Waals surface area (Å²) in [6.45, 7) is 2.80. The van der Waals surface area contributed by atoms with Crippen LogP contribution in [0.5, 0.6) is 0 Å². The molecule has 0 bridgehead atoms. The van der Waals surface area contributed by atoms with Gasteiger partial charge < -0.3 is 5.32 Å². The van der Waals surface area contributed by atoms with Gasteiger partial charge in [0.2, 0.25) is 0 Å².